The third-order valence-electron chi connectivity index (χ3n) is 2.13. The molecule has 2 heterocycles. The van der Waals surface area contributed by atoms with Gasteiger partial charge in [0.2, 0.25) is 0 Å². The molecule has 2 rings (SSSR count). The van der Waals surface area contributed by atoms with Crippen molar-refractivity contribution >= 4 is 17.7 Å². The number of aromatic nitrogens is 2. The predicted octanol–water partition coefficient (Wildman–Crippen LogP) is 2.47. The quantitative estimate of drug-likeness (QED) is 0.839. The molecule has 0 amide bonds. The maximum Gasteiger partial charge on any atom is 0.338 e. The van der Waals surface area contributed by atoms with Crippen LogP contribution in [0.5, 0.6) is 0 Å². The highest BCUT2D eigenvalue weighted by Crippen LogP contribution is 2.23. The van der Waals surface area contributed by atoms with E-state index in [4.69, 9.17) is 5.11 Å². The average Bonchev–Trinajstić information content (AvgIpc) is 2.38. The molecule has 2 aromatic rings. The molecule has 0 fully saturated rings. The Bertz CT molecular complexity index is 517. The molecule has 17 heavy (non-hydrogen) atoms. The third-order valence-corrected chi connectivity index (χ3v) is 3.20. The van der Waals surface area contributed by atoms with Gasteiger partial charge in [0.25, 0.3) is 0 Å². The predicted molar refractivity (Wildman–Crippen MR) is 65.0 cm³/mol. The van der Waals surface area contributed by atoms with Gasteiger partial charge in [-0.1, -0.05) is 0 Å². The monoisotopic (exact) mass is 246 g/mol. The average molecular weight is 246 g/mol. The molecule has 0 saturated carbocycles. The van der Waals surface area contributed by atoms with Crippen molar-refractivity contribution < 1.29 is 9.90 Å². The second-order valence-electron chi connectivity index (χ2n) is 3.31. The van der Waals surface area contributed by atoms with Crippen LogP contribution in [-0.4, -0.2) is 21.0 Å². The zero-order valence-electron chi connectivity index (χ0n) is 8.91. The van der Waals surface area contributed by atoms with E-state index in [0.717, 1.165) is 5.56 Å². The van der Waals surface area contributed by atoms with Gasteiger partial charge in [-0.05, 0) is 29.8 Å². The van der Waals surface area contributed by atoms with Crippen LogP contribution in [0.4, 0.5) is 0 Å². The van der Waals surface area contributed by atoms with E-state index in [1.807, 2.05) is 12.1 Å². The van der Waals surface area contributed by atoms with Crippen molar-refractivity contribution in [1.29, 1.82) is 0 Å². The summed E-state index contributed by atoms with van der Waals surface area (Å²) in [5, 5.41) is 9.54. The lowest BCUT2D eigenvalue weighted by atomic mass is 10.3. The van der Waals surface area contributed by atoms with E-state index in [-0.39, 0.29) is 5.56 Å². The molecule has 0 radical (unpaired) electrons. The fourth-order valence-electron chi connectivity index (χ4n) is 1.30. The molecule has 0 atom stereocenters. The van der Waals surface area contributed by atoms with Gasteiger partial charge in [0.15, 0.2) is 0 Å². The Labute approximate surface area is 103 Å². The number of hydrogen-bond acceptors (Lipinski definition) is 4. The van der Waals surface area contributed by atoms with Crippen molar-refractivity contribution in [2.75, 3.05) is 0 Å². The number of carboxylic acids is 1. The molecule has 0 saturated heterocycles. The molecule has 0 aliphatic rings. The highest BCUT2D eigenvalue weighted by Gasteiger charge is 2.10. The minimum atomic E-state index is -0.949. The largest absolute Gasteiger partial charge is 0.478 e. The van der Waals surface area contributed by atoms with Crippen LogP contribution in [0.3, 0.4) is 0 Å². The fourth-order valence-corrected chi connectivity index (χ4v) is 2.24. The number of carboxylic acid groups (broad SMARTS) is 1. The SMILES string of the molecule is O=C(O)c1cccnc1SCc1ccncc1. The van der Waals surface area contributed by atoms with Gasteiger partial charge in [-0.25, -0.2) is 9.78 Å². The Morgan fingerprint density at radius 1 is 1.24 bits per heavy atom. The van der Waals surface area contributed by atoms with Crippen molar-refractivity contribution in [1.82, 2.24) is 9.97 Å². The van der Waals surface area contributed by atoms with Crippen LogP contribution in [0.1, 0.15) is 15.9 Å². The number of carbonyl (C=O) groups is 1. The fraction of sp³-hybridized carbons (Fsp3) is 0.0833. The Morgan fingerprint density at radius 3 is 2.71 bits per heavy atom. The molecule has 5 heteroatoms. The first-order valence-corrected chi connectivity index (χ1v) is 5.96. The van der Waals surface area contributed by atoms with Crippen molar-refractivity contribution in [3.05, 3.63) is 54.0 Å². The molecule has 4 nitrogen and oxygen atoms in total. The normalized spacial score (nSPS) is 10.1. The van der Waals surface area contributed by atoms with Gasteiger partial charge in [0, 0.05) is 24.3 Å². The molecule has 0 unspecified atom stereocenters. The van der Waals surface area contributed by atoms with E-state index in [1.165, 1.54) is 11.8 Å². The summed E-state index contributed by atoms with van der Waals surface area (Å²) in [6.07, 6.45) is 5.03. The molecule has 1 N–H and O–H groups in total. The topological polar surface area (TPSA) is 63.1 Å². The molecular weight excluding hydrogens is 236 g/mol. The first-order valence-electron chi connectivity index (χ1n) is 4.97. The number of thioether (sulfide) groups is 1. The Morgan fingerprint density at radius 2 is 2.00 bits per heavy atom. The Kier molecular flexibility index (Phi) is 3.72. The number of hydrogen-bond donors (Lipinski definition) is 1. The van der Waals surface area contributed by atoms with Crippen molar-refractivity contribution in [2.45, 2.75) is 10.8 Å². The lowest BCUT2D eigenvalue weighted by Crippen LogP contribution is -2.00. The standard InChI is InChI=1S/C12H10N2O2S/c15-12(16)10-2-1-5-14-11(10)17-8-9-3-6-13-7-4-9/h1-7H,8H2,(H,15,16). The van der Waals surface area contributed by atoms with Crippen LogP contribution in [0.2, 0.25) is 0 Å². The smallest absolute Gasteiger partial charge is 0.338 e. The van der Waals surface area contributed by atoms with Gasteiger partial charge in [-0.3, -0.25) is 4.98 Å². The summed E-state index contributed by atoms with van der Waals surface area (Å²) in [5.41, 5.74) is 1.33. The first-order chi connectivity index (χ1) is 8.27. The molecule has 0 aromatic carbocycles. The summed E-state index contributed by atoms with van der Waals surface area (Å²) in [6.45, 7) is 0. The second kappa shape index (κ2) is 5.45. The van der Waals surface area contributed by atoms with Crippen LogP contribution in [0, 0.1) is 0 Å². The molecule has 0 aliphatic heterocycles. The van der Waals surface area contributed by atoms with Crippen LogP contribution in [0.15, 0.2) is 47.9 Å². The number of rotatable bonds is 4. The lowest BCUT2D eigenvalue weighted by molar-refractivity contribution is 0.0692. The number of pyridine rings is 2. The minimum Gasteiger partial charge on any atom is -0.478 e. The van der Waals surface area contributed by atoms with Crippen molar-refractivity contribution in [2.24, 2.45) is 0 Å². The van der Waals surface area contributed by atoms with E-state index < -0.39 is 5.97 Å². The van der Waals surface area contributed by atoms with Crippen molar-refractivity contribution in [3.8, 4) is 0 Å². The van der Waals surface area contributed by atoms with E-state index in [2.05, 4.69) is 9.97 Å². The van der Waals surface area contributed by atoms with E-state index in [1.54, 1.807) is 30.7 Å². The number of nitrogens with zero attached hydrogens (tertiary/aromatic N) is 2. The van der Waals surface area contributed by atoms with E-state index in [0.29, 0.717) is 10.8 Å². The van der Waals surface area contributed by atoms with Gasteiger partial charge in [-0.15, -0.1) is 11.8 Å². The second-order valence-corrected chi connectivity index (χ2v) is 4.27. The minimum absolute atomic E-state index is 0.242. The zero-order valence-corrected chi connectivity index (χ0v) is 9.72. The first kappa shape index (κ1) is 11.6. The summed E-state index contributed by atoms with van der Waals surface area (Å²) >= 11 is 1.41. The van der Waals surface area contributed by atoms with Gasteiger partial charge in [0.05, 0.1) is 5.56 Å². The van der Waals surface area contributed by atoms with Crippen LogP contribution >= 0.6 is 11.8 Å². The number of aromatic carboxylic acids is 1. The summed E-state index contributed by atoms with van der Waals surface area (Å²) in [6, 6.07) is 6.98. The highest BCUT2D eigenvalue weighted by molar-refractivity contribution is 7.98. The molecule has 0 spiro atoms. The molecule has 86 valence electrons. The Hall–Kier alpha value is -1.88. The molecule has 0 aliphatic carbocycles. The maximum absolute atomic E-state index is 11.0. The van der Waals surface area contributed by atoms with Gasteiger partial charge < -0.3 is 5.11 Å². The van der Waals surface area contributed by atoms with Crippen LogP contribution in [-0.2, 0) is 5.75 Å². The highest BCUT2D eigenvalue weighted by atomic mass is 32.2. The third kappa shape index (κ3) is 3.04. The van der Waals surface area contributed by atoms with Gasteiger partial charge in [-0.2, -0.15) is 0 Å². The molecule has 0 bridgehead atoms. The van der Waals surface area contributed by atoms with E-state index in [9.17, 15) is 4.79 Å². The van der Waals surface area contributed by atoms with Crippen molar-refractivity contribution in [3.63, 3.8) is 0 Å². The molecule has 2 aromatic heterocycles. The summed E-state index contributed by atoms with van der Waals surface area (Å²) in [5.74, 6) is -0.268. The van der Waals surface area contributed by atoms with Gasteiger partial charge in [0.1, 0.15) is 5.03 Å². The zero-order chi connectivity index (χ0) is 12.1. The van der Waals surface area contributed by atoms with Crippen LogP contribution < -0.4 is 0 Å². The summed E-state index contributed by atoms with van der Waals surface area (Å²) in [4.78, 5) is 19.0. The maximum atomic E-state index is 11.0. The summed E-state index contributed by atoms with van der Waals surface area (Å²) in [7, 11) is 0. The van der Waals surface area contributed by atoms with Gasteiger partial charge >= 0.3 is 5.97 Å². The summed E-state index contributed by atoms with van der Waals surface area (Å²) < 4.78 is 0. The Balaban J connectivity index is 2.12. The lowest BCUT2D eigenvalue weighted by Gasteiger charge is -2.04. The van der Waals surface area contributed by atoms with E-state index >= 15 is 0 Å². The molecular formula is C12H10N2O2S. The van der Waals surface area contributed by atoms with Crippen LogP contribution in [0.25, 0.3) is 0 Å².